The quantitative estimate of drug-likeness (QED) is 0.646. The first-order valence-electron chi connectivity index (χ1n) is 10.2. The second-order valence-electron chi connectivity index (χ2n) is 8.08. The largest absolute Gasteiger partial charge is 0.348 e. The molecule has 2 unspecified atom stereocenters. The monoisotopic (exact) mass is 431 g/mol. The average Bonchev–Trinajstić information content (AvgIpc) is 3.05. The van der Waals surface area contributed by atoms with Crippen molar-refractivity contribution in [3.63, 3.8) is 0 Å². The van der Waals surface area contributed by atoms with Crippen LogP contribution in [-0.4, -0.2) is 23.9 Å². The molecule has 2 fully saturated rings. The van der Waals surface area contributed by atoms with Gasteiger partial charge in [0.2, 0.25) is 5.91 Å². The van der Waals surface area contributed by atoms with Crippen molar-refractivity contribution >= 4 is 29.9 Å². The fourth-order valence-corrected chi connectivity index (χ4v) is 4.44. The standard InChI is InChI=1S/C23H26FN3O2.ClH/c24-21-4-2-1-3-17(21)14-25-23(29)16-5-7-18(8-6-16)27-22(28)13-15-11-19-9-10-20(12-15)26-19;/h1-8,15,19-20,26H,9-14H2,(H,25,29)(H,27,28);1H. The maximum absolute atomic E-state index is 13.6. The van der Waals surface area contributed by atoms with Crippen LogP contribution in [0, 0.1) is 11.7 Å². The molecule has 3 N–H and O–H groups in total. The lowest BCUT2D eigenvalue weighted by Crippen LogP contribution is -2.39. The topological polar surface area (TPSA) is 70.2 Å². The van der Waals surface area contributed by atoms with E-state index in [1.165, 1.54) is 18.9 Å². The molecule has 0 aliphatic carbocycles. The van der Waals surface area contributed by atoms with Crippen LogP contribution in [0.1, 0.15) is 48.0 Å². The summed E-state index contributed by atoms with van der Waals surface area (Å²) in [5.41, 5.74) is 1.59. The molecule has 2 aromatic carbocycles. The minimum Gasteiger partial charge on any atom is -0.348 e. The molecule has 0 aromatic heterocycles. The molecule has 30 heavy (non-hydrogen) atoms. The van der Waals surface area contributed by atoms with Crippen LogP contribution in [0.3, 0.4) is 0 Å². The van der Waals surface area contributed by atoms with Crippen LogP contribution in [0.2, 0.25) is 0 Å². The molecule has 0 spiro atoms. The highest BCUT2D eigenvalue weighted by Gasteiger charge is 2.34. The number of rotatable bonds is 6. The molecule has 0 saturated carbocycles. The first kappa shape index (κ1) is 22.2. The Labute approximate surface area is 182 Å². The van der Waals surface area contributed by atoms with Crippen LogP contribution in [0.15, 0.2) is 48.5 Å². The van der Waals surface area contributed by atoms with Gasteiger partial charge in [-0.15, -0.1) is 12.4 Å². The minimum absolute atomic E-state index is 0. The number of anilines is 1. The number of carbonyl (C=O) groups excluding carboxylic acids is 2. The fourth-order valence-electron chi connectivity index (χ4n) is 4.44. The number of benzene rings is 2. The molecule has 4 rings (SSSR count). The number of nitrogens with one attached hydrogen (secondary N) is 3. The zero-order chi connectivity index (χ0) is 20.2. The van der Waals surface area contributed by atoms with Crippen molar-refractivity contribution in [1.82, 2.24) is 10.6 Å². The second-order valence-corrected chi connectivity index (χ2v) is 8.08. The van der Waals surface area contributed by atoms with Gasteiger partial charge in [-0.2, -0.15) is 0 Å². The summed E-state index contributed by atoms with van der Waals surface area (Å²) in [6.07, 6.45) is 5.14. The number of piperidine rings is 1. The highest BCUT2D eigenvalue weighted by atomic mass is 35.5. The van der Waals surface area contributed by atoms with E-state index in [0.29, 0.717) is 41.2 Å². The van der Waals surface area contributed by atoms with Gasteiger partial charge in [-0.1, -0.05) is 18.2 Å². The maximum Gasteiger partial charge on any atom is 0.251 e. The van der Waals surface area contributed by atoms with Gasteiger partial charge in [0.1, 0.15) is 5.82 Å². The molecule has 0 radical (unpaired) electrons. The van der Waals surface area contributed by atoms with Crippen molar-refractivity contribution in [3.05, 3.63) is 65.5 Å². The molecule has 2 amide bonds. The van der Waals surface area contributed by atoms with Gasteiger partial charge in [-0.25, -0.2) is 4.39 Å². The van der Waals surface area contributed by atoms with Crippen molar-refractivity contribution in [2.24, 2.45) is 5.92 Å². The summed E-state index contributed by atoms with van der Waals surface area (Å²) in [4.78, 5) is 24.6. The van der Waals surface area contributed by atoms with Crippen molar-refractivity contribution in [1.29, 1.82) is 0 Å². The summed E-state index contributed by atoms with van der Waals surface area (Å²) in [5, 5.41) is 9.24. The van der Waals surface area contributed by atoms with Gasteiger partial charge in [0.25, 0.3) is 5.91 Å². The van der Waals surface area contributed by atoms with Gasteiger partial charge in [0.05, 0.1) is 0 Å². The van der Waals surface area contributed by atoms with Gasteiger partial charge < -0.3 is 16.0 Å². The molecular formula is C23H27ClFN3O2. The van der Waals surface area contributed by atoms with Crippen molar-refractivity contribution in [3.8, 4) is 0 Å². The van der Waals surface area contributed by atoms with E-state index >= 15 is 0 Å². The van der Waals surface area contributed by atoms with Crippen molar-refractivity contribution < 1.29 is 14.0 Å². The van der Waals surface area contributed by atoms with Crippen LogP contribution >= 0.6 is 12.4 Å². The molecular weight excluding hydrogens is 405 g/mol. The summed E-state index contributed by atoms with van der Waals surface area (Å²) in [6, 6.07) is 14.3. The number of fused-ring (bicyclic) bond motifs is 2. The van der Waals surface area contributed by atoms with Gasteiger partial charge >= 0.3 is 0 Å². The average molecular weight is 432 g/mol. The summed E-state index contributed by atoms with van der Waals surface area (Å²) >= 11 is 0. The lowest BCUT2D eigenvalue weighted by Gasteiger charge is -2.28. The van der Waals surface area contributed by atoms with Crippen LogP contribution < -0.4 is 16.0 Å². The molecule has 160 valence electrons. The van der Waals surface area contributed by atoms with E-state index in [9.17, 15) is 14.0 Å². The van der Waals surface area contributed by atoms with E-state index in [-0.39, 0.29) is 36.6 Å². The summed E-state index contributed by atoms with van der Waals surface area (Å²) in [6.45, 7) is 0.127. The predicted octanol–water partition coefficient (Wildman–Crippen LogP) is 4.04. The Kier molecular flexibility index (Phi) is 7.45. The van der Waals surface area contributed by atoms with Crippen LogP contribution in [0.4, 0.5) is 10.1 Å². The minimum atomic E-state index is -0.340. The summed E-state index contributed by atoms with van der Waals surface area (Å²) < 4.78 is 13.6. The molecule has 2 bridgehead atoms. The Bertz CT molecular complexity index is 878. The van der Waals surface area contributed by atoms with E-state index in [0.717, 1.165) is 12.8 Å². The smallest absolute Gasteiger partial charge is 0.251 e. The fraction of sp³-hybridized carbons (Fsp3) is 0.391. The normalized spacial score (nSPS) is 22.1. The van der Waals surface area contributed by atoms with Crippen molar-refractivity contribution in [2.75, 3.05) is 5.32 Å². The molecule has 2 atom stereocenters. The van der Waals surface area contributed by atoms with Gasteiger partial charge in [0, 0.05) is 41.9 Å². The van der Waals surface area contributed by atoms with Gasteiger partial charge in [-0.05, 0) is 61.9 Å². The van der Waals surface area contributed by atoms with E-state index in [1.807, 2.05) is 0 Å². The Hall–Kier alpha value is -2.44. The third-order valence-corrected chi connectivity index (χ3v) is 5.87. The van der Waals surface area contributed by atoms with E-state index < -0.39 is 0 Å². The lowest BCUT2D eigenvalue weighted by atomic mass is 9.89. The molecule has 5 nitrogen and oxygen atoms in total. The first-order chi connectivity index (χ1) is 14.1. The lowest BCUT2D eigenvalue weighted by molar-refractivity contribution is -0.117. The zero-order valence-corrected chi connectivity index (χ0v) is 17.5. The third-order valence-electron chi connectivity index (χ3n) is 5.87. The van der Waals surface area contributed by atoms with Crippen molar-refractivity contribution in [2.45, 2.75) is 50.7 Å². The Morgan fingerprint density at radius 3 is 2.33 bits per heavy atom. The predicted molar refractivity (Wildman–Crippen MR) is 117 cm³/mol. The van der Waals surface area contributed by atoms with E-state index in [2.05, 4.69) is 16.0 Å². The van der Waals surface area contributed by atoms with Crippen LogP contribution in [0.5, 0.6) is 0 Å². The zero-order valence-electron chi connectivity index (χ0n) is 16.7. The number of hydrogen-bond donors (Lipinski definition) is 3. The van der Waals surface area contributed by atoms with Gasteiger partial charge in [0.15, 0.2) is 0 Å². The molecule has 2 aliphatic rings. The second kappa shape index (κ2) is 10.0. The Morgan fingerprint density at radius 1 is 1.00 bits per heavy atom. The summed E-state index contributed by atoms with van der Waals surface area (Å²) in [5.74, 6) is -0.158. The molecule has 2 aliphatic heterocycles. The maximum atomic E-state index is 13.6. The molecule has 2 saturated heterocycles. The SMILES string of the molecule is Cl.O=C(CC1CC2CCC(C1)N2)Nc1ccc(C(=O)NCc2ccccc2F)cc1. The molecule has 2 heterocycles. The number of amides is 2. The summed E-state index contributed by atoms with van der Waals surface area (Å²) in [7, 11) is 0. The third kappa shape index (κ3) is 5.58. The number of hydrogen-bond acceptors (Lipinski definition) is 3. The van der Waals surface area contributed by atoms with Gasteiger partial charge in [-0.3, -0.25) is 9.59 Å². The number of carbonyl (C=O) groups is 2. The molecule has 7 heteroatoms. The first-order valence-corrected chi connectivity index (χ1v) is 10.2. The van der Waals surface area contributed by atoms with E-state index in [4.69, 9.17) is 0 Å². The van der Waals surface area contributed by atoms with Crippen LogP contribution in [0.25, 0.3) is 0 Å². The Balaban J connectivity index is 0.00000256. The van der Waals surface area contributed by atoms with E-state index in [1.54, 1.807) is 42.5 Å². The van der Waals surface area contributed by atoms with Crippen LogP contribution in [-0.2, 0) is 11.3 Å². The number of halogens is 2. The molecule has 2 aromatic rings. The highest BCUT2D eigenvalue weighted by molar-refractivity contribution is 5.95. The Morgan fingerprint density at radius 2 is 1.67 bits per heavy atom. The highest BCUT2D eigenvalue weighted by Crippen LogP contribution is 2.32.